The molecule has 1 amide bonds. The van der Waals surface area contributed by atoms with Gasteiger partial charge in [0.2, 0.25) is 15.9 Å². The topological polar surface area (TPSA) is 69.7 Å². The Labute approximate surface area is 138 Å². The number of hydrogen-bond acceptors (Lipinski definition) is 4. The quantitative estimate of drug-likeness (QED) is 0.859. The zero-order valence-electron chi connectivity index (χ0n) is 14.0. The molecule has 1 saturated heterocycles. The van der Waals surface area contributed by atoms with Gasteiger partial charge in [0, 0.05) is 46.2 Å². The molecule has 0 bridgehead atoms. The van der Waals surface area contributed by atoms with Gasteiger partial charge in [-0.3, -0.25) is 9.69 Å². The van der Waals surface area contributed by atoms with Gasteiger partial charge in [-0.25, -0.2) is 13.1 Å². The first-order valence-corrected chi connectivity index (χ1v) is 9.33. The van der Waals surface area contributed by atoms with E-state index in [0.29, 0.717) is 31.1 Å². The highest BCUT2D eigenvalue weighted by Crippen LogP contribution is 2.14. The number of aryl methyl sites for hydroxylation is 2. The minimum Gasteiger partial charge on any atom is -0.340 e. The van der Waals surface area contributed by atoms with Gasteiger partial charge in [-0.2, -0.15) is 0 Å². The number of piperazine rings is 1. The van der Waals surface area contributed by atoms with Gasteiger partial charge >= 0.3 is 0 Å². The second-order valence-corrected chi connectivity index (χ2v) is 7.76. The number of nitrogens with one attached hydrogen (secondary N) is 1. The molecule has 1 aromatic carbocycles. The standard InChI is InChI=1S/C16H25N3O3S/c1-13-4-5-16(12-14(13)2)23(21,22)17-6-7-18-8-10-19(11-9-18)15(3)20/h4-5,12,17H,6-11H2,1-3H3. The van der Waals surface area contributed by atoms with Crippen LogP contribution in [-0.2, 0) is 14.8 Å². The highest BCUT2D eigenvalue weighted by Gasteiger charge is 2.19. The van der Waals surface area contributed by atoms with Gasteiger partial charge in [0.15, 0.2) is 0 Å². The maximum absolute atomic E-state index is 12.3. The molecule has 1 heterocycles. The smallest absolute Gasteiger partial charge is 0.240 e. The monoisotopic (exact) mass is 339 g/mol. The van der Waals surface area contributed by atoms with E-state index < -0.39 is 10.0 Å². The van der Waals surface area contributed by atoms with Crippen LogP contribution in [0.3, 0.4) is 0 Å². The van der Waals surface area contributed by atoms with Crippen molar-refractivity contribution in [2.75, 3.05) is 39.3 Å². The summed E-state index contributed by atoms with van der Waals surface area (Å²) >= 11 is 0. The fraction of sp³-hybridized carbons (Fsp3) is 0.562. The van der Waals surface area contributed by atoms with Gasteiger partial charge in [0.05, 0.1) is 4.90 Å². The van der Waals surface area contributed by atoms with Crippen LogP contribution in [0.1, 0.15) is 18.1 Å². The van der Waals surface area contributed by atoms with Crippen molar-refractivity contribution in [1.29, 1.82) is 0 Å². The highest BCUT2D eigenvalue weighted by atomic mass is 32.2. The van der Waals surface area contributed by atoms with Gasteiger partial charge in [-0.05, 0) is 37.1 Å². The fourth-order valence-electron chi connectivity index (χ4n) is 2.59. The molecule has 6 nitrogen and oxygen atoms in total. The van der Waals surface area contributed by atoms with Gasteiger partial charge < -0.3 is 4.90 Å². The summed E-state index contributed by atoms with van der Waals surface area (Å²) < 4.78 is 27.2. The summed E-state index contributed by atoms with van der Waals surface area (Å²) in [6.07, 6.45) is 0. The van der Waals surface area contributed by atoms with Crippen LogP contribution in [-0.4, -0.2) is 63.4 Å². The number of sulfonamides is 1. The number of carbonyl (C=O) groups excluding carboxylic acids is 1. The average Bonchev–Trinajstić information content (AvgIpc) is 2.50. The summed E-state index contributed by atoms with van der Waals surface area (Å²) in [6, 6.07) is 5.16. The highest BCUT2D eigenvalue weighted by molar-refractivity contribution is 7.89. The normalized spacial score (nSPS) is 16.6. The lowest BCUT2D eigenvalue weighted by Crippen LogP contribution is -2.49. The summed E-state index contributed by atoms with van der Waals surface area (Å²) in [4.78, 5) is 15.6. The van der Waals surface area contributed by atoms with Crippen LogP contribution in [0.25, 0.3) is 0 Å². The van der Waals surface area contributed by atoms with E-state index in [1.165, 1.54) is 0 Å². The van der Waals surface area contributed by atoms with Gasteiger partial charge in [0.1, 0.15) is 0 Å². The first-order chi connectivity index (χ1) is 10.8. The molecule has 1 aliphatic rings. The molecule has 0 radical (unpaired) electrons. The lowest BCUT2D eigenvalue weighted by molar-refractivity contribution is -0.130. The summed E-state index contributed by atoms with van der Waals surface area (Å²) in [5, 5.41) is 0. The molecule has 0 saturated carbocycles. The molecule has 0 aliphatic carbocycles. The van der Waals surface area contributed by atoms with Crippen LogP contribution in [0, 0.1) is 13.8 Å². The van der Waals surface area contributed by atoms with E-state index in [1.54, 1.807) is 19.1 Å². The van der Waals surface area contributed by atoms with Crippen LogP contribution in [0.2, 0.25) is 0 Å². The minimum absolute atomic E-state index is 0.0973. The molecule has 1 aliphatic heterocycles. The third kappa shape index (κ3) is 4.76. The molecule has 0 atom stereocenters. The number of hydrogen-bond donors (Lipinski definition) is 1. The first kappa shape index (κ1) is 17.9. The van der Waals surface area contributed by atoms with Gasteiger partial charge in [0.25, 0.3) is 0 Å². The first-order valence-electron chi connectivity index (χ1n) is 7.84. The summed E-state index contributed by atoms with van der Waals surface area (Å²) in [6.45, 7) is 9.44. The Morgan fingerprint density at radius 3 is 2.35 bits per heavy atom. The SMILES string of the molecule is CC(=O)N1CCN(CCNS(=O)(=O)c2ccc(C)c(C)c2)CC1. The van der Waals surface area contributed by atoms with Crippen molar-refractivity contribution in [1.82, 2.24) is 14.5 Å². The lowest BCUT2D eigenvalue weighted by Gasteiger charge is -2.34. The molecule has 7 heteroatoms. The van der Waals surface area contributed by atoms with Crippen molar-refractivity contribution >= 4 is 15.9 Å². The maximum Gasteiger partial charge on any atom is 0.240 e. The van der Waals surface area contributed by atoms with Crippen LogP contribution < -0.4 is 4.72 Å². The zero-order chi connectivity index (χ0) is 17.0. The second kappa shape index (κ2) is 7.42. The number of rotatable bonds is 5. The Morgan fingerprint density at radius 1 is 1.13 bits per heavy atom. The Bertz CT molecular complexity index is 665. The van der Waals surface area contributed by atoms with E-state index >= 15 is 0 Å². The molecular formula is C16H25N3O3S. The molecule has 1 N–H and O–H groups in total. The Morgan fingerprint density at radius 2 is 1.78 bits per heavy atom. The van der Waals surface area contributed by atoms with Crippen molar-refractivity contribution in [2.24, 2.45) is 0 Å². The van der Waals surface area contributed by atoms with E-state index in [1.807, 2.05) is 24.8 Å². The molecule has 128 valence electrons. The van der Waals surface area contributed by atoms with E-state index in [2.05, 4.69) is 9.62 Å². The minimum atomic E-state index is -3.47. The molecule has 0 unspecified atom stereocenters. The maximum atomic E-state index is 12.3. The molecule has 0 spiro atoms. The van der Waals surface area contributed by atoms with Crippen LogP contribution in [0.4, 0.5) is 0 Å². The molecule has 23 heavy (non-hydrogen) atoms. The Kier molecular flexibility index (Phi) is 5.78. The zero-order valence-corrected chi connectivity index (χ0v) is 14.8. The van der Waals surface area contributed by atoms with Crippen LogP contribution >= 0.6 is 0 Å². The predicted molar refractivity (Wildman–Crippen MR) is 89.8 cm³/mol. The summed E-state index contributed by atoms with van der Waals surface area (Å²) in [7, 11) is -3.47. The van der Waals surface area contributed by atoms with Crippen molar-refractivity contribution in [3.8, 4) is 0 Å². The van der Waals surface area contributed by atoms with Crippen LogP contribution in [0.5, 0.6) is 0 Å². The van der Waals surface area contributed by atoms with Crippen molar-refractivity contribution in [3.63, 3.8) is 0 Å². The van der Waals surface area contributed by atoms with Gasteiger partial charge in [-0.1, -0.05) is 6.07 Å². The Balaban J connectivity index is 1.83. The number of nitrogens with zero attached hydrogens (tertiary/aromatic N) is 2. The molecule has 1 aromatic rings. The molecule has 0 aromatic heterocycles. The fourth-order valence-corrected chi connectivity index (χ4v) is 3.69. The third-order valence-electron chi connectivity index (χ3n) is 4.33. The molecular weight excluding hydrogens is 314 g/mol. The molecule has 1 fully saturated rings. The summed E-state index contributed by atoms with van der Waals surface area (Å²) in [5.74, 6) is 0.0973. The van der Waals surface area contributed by atoms with Gasteiger partial charge in [-0.15, -0.1) is 0 Å². The third-order valence-corrected chi connectivity index (χ3v) is 5.79. The number of benzene rings is 1. The lowest BCUT2D eigenvalue weighted by atomic mass is 10.1. The van der Waals surface area contributed by atoms with E-state index in [0.717, 1.165) is 24.2 Å². The number of amides is 1. The van der Waals surface area contributed by atoms with Crippen LogP contribution in [0.15, 0.2) is 23.1 Å². The van der Waals surface area contributed by atoms with Crippen molar-refractivity contribution < 1.29 is 13.2 Å². The van der Waals surface area contributed by atoms with Crippen molar-refractivity contribution in [2.45, 2.75) is 25.7 Å². The second-order valence-electron chi connectivity index (χ2n) is 5.99. The van der Waals surface area contributed by atoms with Crippen molar-refractivity contribution in [3.05, 3.63) is 29.3 Å². The largest absolute Gasteiger partial charge is 0.340 e. The summed E-state index contributed by atoms with van der Waals surface area (Å²) in [5.41, 5.74) is 2.04. The Hall–Kier alpha value is -1.44. The van der Waals surface area contributed by atoms with E-state index in [4.69, 9.17) is 0 Å². The number of carbonyl (C=O) groups is 1. The molecule has 2 rings (SSSR count). The average molecular weight is 339 g/mol. The predicted octanol–water partition coefficient (Wildman–Crippen LogP) is 0.746. The van der Waals surface area contributed by atoms with E-state index in [9.17, 15) is 13.2 Å². The van der Waals surface area contributed by atoms with E-state index in [-0.39, 0.29) is 5.91 Å².